The van der Waals surface area contributed by atoms with Crippen LogP contribution < -0.4 is 8.92 Å². The zero-order valence-electron chi connectivity index (χ0n) is 7.46. The average molecular weight is 271 g/mol. The van der Waals surface area contributed by atoms with Crippen LogP contribution in [0.5, 0.6) is 0 Å². The molecule has 2 rings (SSSR count). The SMILES string of the molecule is Cl.c1ccc([Se]c2ccncc2)cc1. The summed E-state index contributed by atoms with van der Waals surface area (Å²) in [5.41, 5.74) is 0. The van der Waals surface area contributed by atoms with Crippen molar-refractivity contribution < 1.29 is 0 Å². The Labute approximate surface area is 96.1 Å². The first-order chi connectivity index (χ1) is 6.45. The van der Waals surface area contributed by atoms with Gasteiger partial charge in [-0.3, -0.25) is 0 Å². The summed E-state index contributed by atoms with van der Waals surface area (Å²) < 4.78 is 2.77. The second-order valence-electron chi connectivity index (χ2n) is 2.60. The van der Waals surface area contributed by atoms with Crippen LogP contribution in [0.15, 0.2) is 54.9 Å². The first-order valence-corrected chi connectivity index (χ1v) is 5.79. The van der Waals surface area contributed by atoms with Crippen molar-refractivity contribution in [1.82, 2.24) is 4.98 Å². The van der Waals surface area contributed by atoms with Crippen molar-refractivity contribution in [3.05, 3.63) is 54.9 Å². The van der Waals surface area contributed by atoms with Gasteiger partial charge < -0.3 is 0 Å². The Bertz CT molecular complexity index is 326. The Morgan fingerprint density at radius 3 is 2.00 bits per heavy atom. The second kappa shape index (κ2) is 5.81. The first kappa shape index (κ1) is 11.3. The third kappa shape index (κ3) is 3.15. The third-order valence-electron chi connectivity index (χ3n) is 1.63. The van der Waals surface area contributed by atoms with Crippen LogP contribution in [0.1, 0.15) is 0 Å². The summed E-state index contributed by atoms with van der Waals surface area (Å²) in [4.78, 5) is 4.00. The molecule has 0 N–H and O–H groups in total. The molecule has 0 aliphatic heterocycles. The Balaban J connectivity index is 0.000000980. The van der Waals surface area contributed by atoms with E-state index in [1.165, 1.54) is 8.92 Å². The van der Waals surface area contributed by atoms with Gasteiger partial charge in [0.05, 0.1) is 0 Å². The van der Waals surface area contributed by atoms with Crippen LogP contribution in [0, 0.1) is 0 Å². The average Bonchev–Trinajstić information content (AvgIpc) is 2.21. The molecule has 2 aromatic rings. The van der Waals surface area contributed by atoms with E-state index >= 15 is 0 Å². The fourth-order valence-electron chi connectivity index (χ4n) is 1.03. The van der Waals surface area contributed by atoms with Gasteiger partial charge in [-0.05, 0) is 0 Å². The molecule has 1 nitrogen and oxygen atoms in total. The molecule has 0 saturated heterocycles. The molecule has 1 heterocycles. The summed E-state index contributed by atoms with van der Waals surface area (Å²) in [6.07, 6.45) is 3.69. The Kier molecular flexibility index (Phi) is 4.67. The summed E-state index contributed by atoms with van der Waals surface area (Å²) in [6.45, 7) is 0. The fraction of sp³-hybridized carbons (Fsp3) is 0. The van der Waals surface area contributed by atoms with Gasteiger partial charge in [0.2, 0.25) is 0 Å². The van der Waals surface area contributed by atoms with Crippen LogP contribution in [-0.4, -0.2) is 19.9 Å². The van der Waals surface area contributed by atoms with E-state index < -0.39 is 0 Å². The van der Waals surface area contributed by atoms with Crippen LogP contribution >= 0.6 is 12.4 Å². The molecule has 1 aromatic carbocycles. The normalized spacial score (nSPS) is 9.14. The molecule has 0 unspecified atom stereocenters. The van der Waals surface area contributed by atoms with E-state index in [4.69, 9.17) is 0 Å². The van der Waals surface area contributed by atoms with Crippen molar-refractivity contribution in [3.63, 3.8) is 0 Å². The predicted octanol–water partition coefficient (Wildman–Crippen LogP) is 1.16. The van der Waals surface area contributed by atoms with Crippen LogP contribution in [0.2, 0.25) is 0 Å². The van der Waals surface area contributed by atoms with Crippen LogP contribution in [0.4, 0.5) is 0 Å². The van der Waals surface area contributed by atoms with Gasteiger partial charge in [0.15, 0.2) is 0 Å². The zero-order valence-corrected chi connectivity index (χ0v) is 9.99. The molecule has 0 amide bonds. The summed E-state index contributed by atoms with van der Waals surface area (Å²) >= 11 is 0.421. The Morgan fingerprint density at radius 1 is 0.786 bits per heavy atom. The molecule has 0 fully saturated rings. The van der Waals surface area contributed by atoms with Crippen molar-refractivity contribution in [1.29, 1.82) is 0 Å². The number of benzene rings is 1. The summed E-state index contributed by atoms with van der Waals surface area (Å²) in [5.74, 6) is 0. The Morgan fingerprint density at radius 2 is 1.36 bits per heavy atom. The van der Waals surface area contributed by atoms with E-state index in [1.54, 1.807) is 0 Å². The van der Waals surface area contributed by atoms with Crippen molar-refractivity contribution >= 4 is 36.3 Å². The number of pyridine rings is 1. The van der Waals surface area contributed by atoms with E-state index in [2.05, 4.69) is 41.4 Å². The van der Waals surface area contributed by atoms with Gasteiger partial charge in [-0.25, -0.2) is 0 Å². The number of hydrogen-bond acceptors (Lipinski definition) is 1. The first-order valence-electron chi connectivity index (χ1n) is 4.08. The fourth-order valence-corrected chi connectivity index (χ4v) is 2.76. The summed E-state index contributed by atoms with van der Waals surface area (Å²) in [6, 6.07) is 14.7. The number of nitrogens with zero attached hydrogens (tertiary/aromatic N) is 1. The molecule has 0 aliphatic carbocycles. The Hall–Kier alpha value is -0.821. The minimum atomic E-state index is 0. The topological polar surface area (TPSA) is 12.9 Å². The van der Waals surface area contributed by atoms with E-state index in [-0.39, 0.29) is 12.4 Å². The molecule has 0 bridgehead atoms. The molecule has 3 heteroatoms. The zero-order chi connectivity index (χ0) is 8.93. The molecule has 14 heavy (non-hydrogen) atoms. The monoisotopic (exact) mass is 271 g/mol. The summed E-state index contributed by atoms with van der Waals surface area (Å²) in [5, 5.41) is 0. The third-order valence-corrected chi connectivity index (χ3v) is 3.76. The number of hydrogen-bond donors (Lipinski definition) is 0. The van der Waals surface area contributed by atoms with Crippen molar-refractivity contribution in [2.45, 2.75) is 0 Å². The van der Waals surface area contributed by atoms with Gasteiger partial charge in [0.1, 0.15) is 0 Å². The molecule has 0 atom stereocenters. The second-order valence-corrected chi connectivity index (χ2v) is 5.00. The van der Waals surface area contributed by atoms with Gasteiger partial charge in [0.25, 0.3) is 0 Å². The van der Waals surface area contributed by atoms with E-state index in [1.807, 2.05) is 18.5 Å². The molecular formula is C11H10ClNSe. The molecule has 1 aromatic heterocycles. The maximum atomic E-state index is 4.00. The molecule has 0 saturated carbocycles. The van der Waals surface area contributed by atoms with Gasteiger partial charge in [-0.15, -0.1) is 12.4 Å². The van der Waals surface area contributed by atoms with Crippen LogP contribution in [0.3, 0.4) is 0 Å². The van der Waals surface area contributed by atoms with Crippen LogP contribution in [-0.2, 0) is 0 Å². The molecule has 72 valence electrons. The standard InChI is InChI=1S/C11H9NSe.ClH/c1-2-4-10(5-3-1)13-11-6-8-12-9-7-11;/h1-9H;1H. The van der Waals surface area contributed by atoms with Crippen molar-refractivity contribution in [2.24, 2.45) is 0 Å². The van der Waals surface area contributed by atoms with E-state index in [0.29, 0.717) is 15.0 Å². The maximum absolute atomic E-state index is 4.00. The van der Waals surface area contributed by atoms with E-state index in [0.717, 1.165) is 0 Å². The quantitative estimate of drug-likeness (QED) is 0.747. The minimum absolute atomic E-state index is 0. The van der Waals surface area contributed by atoms with E-state index in [9.17, 15) is 0 Å². The van der Waals surface area contributed by atoms with Gasteiger partial charge in [0, 0.05) is 0 Å². The van der Waals surface area contributed by atoms with Crippen molar-refractivity contribution in [2.75, 3.05) is 0 Å². The van der Waals surface area contributed by atoms with Gasteiger partial charge in [-0.1, -0.05) is 0 Å². The van der Waals surface area contributed by atoms with Crippen LogP contribution in [0.25, 0.3) is 0 Å². The molecule has 0 spiro atoms. The summed E-state index contributed by atoms with van der Waals surface area (Å²) in [7, 11) is 0. The number of rotatable bonds is 2. The van der Waals surface area contributed by atoms with Gasteiger partial charge >= 0.3 is 83.7 Å². The molecular weight excluding hydrogens is 261 g/mol. The van der Waals surface area contributed by atoms with Gasteiger partial charge in [-0.2, -0.15) is 0 Å². The predicted molar refractivity (Wildman–Crippen MR) is 62.9 cm³/mol. The molecule has 0 radical (unpaired) electrons. The number of halogens is 1. The molecule has 0 aliphatic rings. The van der Waals surface area contributed by atoms with Crippen molar-refractivity contribution in [3.8, 4) is 0 Å². The number of aromatic nitrogens is 1.